The van der Waals surface area contributed by atoms with Crippen LogP contribution in [0.4, 0.5) is 5.69 Å². The zero-order valence-corrected chi connectivity index (χ0v) is 15.4. The van der Waals surface area contributed by atoms with Crippen molar-refractivity contribution in [3.05, 3.63) is 65.2 Å². The Morgan fingerprint density at radius 1 is 0.962 bits per heavy atom. The lowest BCUT2D eigenvalue weighted by molar-refractivity contribution is -0.133. The summed E-state index contributed by atoms with van der Waals surface area (Å²) < 4.78 is 0. The normalized spacial score (nSPS) is 15.5. The predicted octanol–water partition coefficient (Wildman–Crippen LogP) is 2.81. The average molecular weight is 372 g/mol. The number of piperazine rings is 1. The van der Waals surface area contributed by atoms with Crippen molar-refractivity contribution < 1.29 is 9.59 Å². The van der Waals surface area contributed by atoms with Crippen molar-refractivity contribution >= 4 is 29.1 Å². The third-order valence-electron chi connectivity index (χ3n) is 4.54. The molecule has 136 valence electrons. The molecular weight excluding hydrogens is 350 g/mol. The second-order valence-electron chi connectivity index (χ2n) is 6.35. The molecule has 1 aliphatic heterocycles. The van der Waals surface area contributed by atoms with Crippen molar-refractivity contribution in [2.75, 3.05) is 31.1 Å². The maximum atomic E-state index is 12.6. The summed E-state index contributed by atoms with van der Waals surface area (Å²) in [5.41, 5.74) is 1.66. The molecule has 1 atom stereocenters. The average Bonchev–Trinajstić information content (AvgIpc) is 2.68. The van der Waals surface area contributed by atoms with Gasteiger partial charge in [0.15, 0.2) is 0 Å². The second kappa shape index (κ2) is 8.23. The van der Waals surface area contributed by atoms with Crippen LogP contribution in [0.1, 0.15) is 17.3 Å². The maximum Gasteiger partial charge on any atom is 0.251 e. The molecule has 0 spiro atoms. The molecule has 0 aliphatic carbocycles. The van der Waals surface area contributed by atoms with E-state index in [9.17, 15) is 9.59 Å². The van der Waals surface area contributed by atoms with Crippen molar-refractivity contribution in [2.24, 2.45) is 0 Å². The molecule has 3 rings (SSSR count). The number of anilines is 1. The van der Waals surface area contributed by atoms with Gasteiger partial charge in [0, 0.05) is 42.5 Å². The summed E-state index contributed by atoms with van der Waals surface area (Å²) in [5.74, 6) is -0.328. The van der Waals surface area contributed by atoms with Crippen LogP contribution in [0.3, 0.4) is 0 Å². The number of amides is 2. The summed E-state index contributed by atoms with van der Waals surface area (Å²) in [7, 11) is 0. The zero-order valence-electron chi connectivity index (χ0n) is 14.7. The van der Waals surface area contributed by atoms with Crippen LogP contribution in [0.15, 0.2) is 54.6 Å². The second-order valence-corrected chi connectivity index (χ2v) is 6.79. The molecule has 1 unspecified atom stereocenters. The van der Waals surface area contributed by atoms with Crippen molar-refractivity contribution in [3.63, 3.8) is 0 Å². The highest BCUT2D eigenvalue weighted by atomic mass is 35.5. The SMILES string of the molecule is CC(NC(=O)c1ccc(Cl)cc1)C(=O)N1CCN(c2ccccc2)CC1. The number of benzene rings is 2. The van der Waals surface area contributed by atoms with E-state index < -0.39 is 6.04 Å². The summed E-state index contributed by atoms with van der Waals surface area (Å²) in [6.07, 6.45) is 0. The van der Waals surface area contributed by atoms with Gasteiger partial charge in [0.25, 0.3) is 5.91 Å². The summed E-state index contributed by atoms with van der Waals surface area (Å²) in [5, 5.41) is 3.34. The number of carbonyl (C=O) groups excluding carboxylic acids is 2. The van der Waals surface area contributed by atoms with Crippen molar-refractivity contribution in [1.82, 2.24) is 10.2 Å². The lowest BCUT2D eigenvalue weighted by atomic mass is 10.2. The van der Waals surface area contributed by atoms with Gasteiger partial charge in [-0.1, -0.05) is 29.8 Å². The van der Waals surface area contributed by atoms with E-state index in [4.69, 9.17) is 11.6 Å². The Kier molecular flexibility index (Phi) is 5.78. The molecule has 6 heteroatoms. The van der Waals surface area contributed by atoms with Crippen LogP contribution in [0.5, 0.6) is 0 Å². The van der Waals surface area contributed by atoms with E-state index in [1.54, 1.807) is 31.2 Å². The first-order valence-electron chi connectivity index (χ1n) is 8.70. The van der Waals surface area contributed by atoms with Crippen molar-refractivity contribution in [3.8, 4) is 0 Å². The first-order valence-corrected chi connectivity index (χ1v) is 9.07. The maximum absolute atomic E-state index is 12.6. The summed E-state index contributed by atoms with van der Waals surface area (Å²) in [4.78, 5) is 29.0. The minimum Gasteiger partial charge on any atom is -0.368 e. The largest absolute Gasteiger partial charge is 0.368 e. The van der Waals surface area contributed by atoms with E-state index in [0.29, 0.717) is 23.7 Å². The topological polar surface area (TPSA) is 52.7 Å². The van der Waals surface area contributed by atoms with Gasteiger partial charge in [-0.2, -0.15) is 0 Å². The minimum atomic E-state index is -0.568. The molecule has 2 amide bonds. The predicted molar refractivity (Wildman–Crippen MR) is 104 cm³/mol. The van der Waals surface area contributed by atoms with Crippen molar-refractivity contribution in [2.45, 2.75) is 13.0 Å². The number of nitrogens with zero attached hydrogens (tertiary/aromatic N) is 2. The van der Waals surface area contributed by atoms with Gasteiger partial charge < -0.3 is 15.1 Å². The molecule has 5 nitrogen and oxygen atoms in total. The quantitative estimate of drug-likeness (QED) is 0.899. The zero-order chi connectivity index (χ0) is 18.5. The van der Waals surface area contributed by atoms with Crippen LogP contribution in [0.2, 0.25) is 5.02 Å². The Morgan fingerprint density at radius 3 is 2.19 bits per heavy atom. The molecule has 2 aromatic rings. The molecule has 26 heavy (non-hydrogen) atoms. The summed E-state index contributed by atoms with van der Waals surface area (Å²) in [6, 6.07) is 16.2. The van der Waals surface area contributed by atoms with Crippen LogP contribution in [0.25, 0.3) is 0 Å². The summed E-state index contributed by atoms with van der Waals surface area (Å²) in [6.45, 7) is 4.59. The number of nitrogens with one attached hydrogen (secondary N) is 1. The standard InChI is InChI=1S/C20H22ClN3O2/c1-15(22-19(25)16-7-9-17(21)10-8-16)20(26)24-13-11-23(12-14-24)18-5-3-2-4-6-18/h2-10,15H,11-14H2,1H3,(H,22,25). The summed E-state index contributed by atoms with van der Waals surface area (Å²) >= 11 is 5.83. The monoisotopic (exact) mass is 371 g/mol. The fourth-order valence-electron chi connectivity index (χ4n) is 3.04. The molecule has 1 fully saturated rings. The first kappa shape index (κ1) is 18.3. The molecule has 0 saturated carbocycles. The highest BCUT2D eigenvalue weighted by Gasteiger charge is 2.26. The molecule has 1 saturated heterocycles. The van der Waals surface area contributed by atoms with E-state index in [0.717, 1.165) is 13.1 Å². The van der Waals surface area contributed by atoms with Crippen LogP contribution in [-0.4, -0.2) is 48.9 Å². The van der Waals surface area contributed by atoms with Gasteiger partial charge in [-0.25, -0.2) is 0 Å². The Morgan fingerprint density at radius 2 is 1.58 bits per heavy atom. The van der Waals surface area contributed by atoms with Gasteiger partial charge in [0.1, 0.15) is 6.04 Å². The number of hydrogen-bond donors (Lipinski definition) is 1. The molecule has 1 aliphatic rings. The Balaban J connectivity index is 1.53. The van der Waals surface area contributed by atoms with E-state index in [1.165, 1.54) is 5.69 Å². The lowest BCUT2D eigenvalue weighted by Gasteiger charge is -2.37. The van der Waals surface area contributed by atoms with Crippen LogP contribution < -0.4 is 10.2 Å². The smallest absolute Gasteiger partial charge is 0.251 e. The van der Waals surface area contributed by atoms with Gasteiger partial charge in [-0.15, -0.1) is 0 Å². The molecule has 0 bridgehead atoms. The Hall–Kier alpha value is -2.53. The molecule has 1 N–H and O–H groups in total. The Bertz CT molecular complexity index is 756. The minimum absolute atomic E-state index is 0.0555. The first-order chi connectivity index (χ1) is 12.5. The van der Waals surface area contributed by atoms with Crippen LogP contribution in [-0.2, 0) is 4.79 Å². The fraction of sp³-hybridized carbons (Fsp3) is 0.300. The highest BCUT2D eigenvalue weighted by molar-refractivity contribution is 6.30. The van der Waals surface area contributed by atoms with E-state index >= 15 is 0 Å². The van der Waals surface area contributed by atoms with Gasteiger partial charge in [0.05, 0.1) is 0 Å². The number of carbonyl (C=O) groups is 2. The molecule has 2 aromatic carbocycles. The molecule has 1 heterocycles. The third-order valence-corrected chi connectivity index (χ3v) is 4.79. The van der Waals surface area contributed by atoms with Gasteiger partial charge in [-0.05, 0) is 43.3 Å². The number of hydrogen-bond acceptors (Lipinski definition) is 3. The highest BCUT2D eigenvalue weighted by Crippen LogP contribution is 2.16. The van der Waals surface area contributed by atoms with E-state index in [-0.39, 0.29) is 11.8 Å². The van der Waals surface area contributed by atoms with Gasteiger partial charge in [-0.3, -0.25) is 9.59 Å². The van der Waals surface area contributed by atoms with Crippen LogP contribution in [0, 0.1) is 0 Å². The number of para-hydroxylation sites is 1. The molecular formula is C20H22ClN3O2. The third kappa shape index (κ3) is 4.35. The van der Waals surface area contributed by atoms with Crippen molar-refractivity contribution in [1.29, 1.82) is 0 Å². The van der Waals surface area contributed by atoms with Gasteiger partial charge in [0.2, 0.25) is 5.91 Å². The number of rotatable bonds is 4. The van der Waals surface area contributed by atoms with Crippen LogP contribution >= 0.6 is 11.6 Å². The van der Waals surface area contributed by atoms with E-state index in [2.05, 4.69) is 22.3 Å². The molecule has 0 aromatic heterocycles. The number of halogens is 1. The molecule has 0 radical (unpaired) electrons. The van der Waals surface area contributed by atoms with Gasteiger partial charge >= 0.3 is 0 Å². The fourth-order valence-corrected chi connectivity index (χ4v) is 3.17. The lowest BCUT2D eigenvalue weighted by Crippen LogP contribution is -2.54. The van der Waals surface area contributed by atoms with E-state index in [1.807, 2.05) is 23.1 Å². The Labute approximate surface area is 158 Å².